The third kappa shape index (κ3) is 6.52. The Morgan fingerprint density at radius 1 is 1.30 bits per heavy atom. The zero-order valence-corrected chi connectivity index (χ0v) is 16.0. The number of rotatable bonds is 8. The standard InChI is InChI=1S/C16H21F3N4O3S/c1-22(2)7-8-23(14(24)20-6-9-25-3)15-21-12-5-4-11(10-13(12)27-15)26-16(17,18)19/h4-5,10H,6-9H2,1-3H3,(H,20,24). The molecule has 0 unspecified atom stereocenters. The maximum Gasteiger partial charge on any atom is 0.573 e. The fraction of sp³-hybridized carbons (Fsp3) is 0.500. The summed E-state index contributed by atoms with van der Waals surface area (Å²) in [4.78, 5) is 20.2. The number of likely N-dealkylation sites (N-methyl/N-ethyl adjacent to an activating group) is 1. The van der Waals surface area contributed by atoms with Crippen molar-refractivity contribution in [2.45, 2.75) is 6.36 Å². The first-order chi connectivity index (χ1) is 12.7. The van der Waals surface area contributed by atoms with Gasteiger partial charge in [0.1, 0.15) is 5.75 Å². The molecule has 2 amide bonds. The lowest BCUT2D eigenvalue weighted by Gasteiger charge is -2.22. The van der Waals surface area contributed by atoms with Crippen LogP contribution >= 0.6 is 11.3 Å². The number of nitrogens with one attached hydrogen (secondary N) is 1. The van der Waals surface area contributed by atoms with Gasteiger partial charge < -0.3 is 19.7 Å². The summed E-state index contributed by atoms with van der Waals surface area (Å²) >= 11 is 1.12. The van der Waals surface area contributed by atoms with Crippen molar-refractivity contribution in [3.63, 3.8) is 0 Å². The number of ether oxygens (including phenoxy) is 2. The Kier molecular flexibility index (Phi) is 7.22. The topological polar surface area (TPSA) is 66.9 Å². The van der Waals surface area contributed by atoms with Crippen LogP contribution in [0.2, 0.25) is 0 Å². The van der Waals surface area contributed by atoms with Crippen molar-refractivity contribution in [1.82, 2.24) is 15.2 Å². The highest BCUT2D eigenvalue weighted by Gasteiger charge is 2.31. The molecule has 0 bridgehead atoms. The van der Waals surface area contributed by atoms with E-state index in [1.54, 1.807) is 0 Å². The minimum absolute atomic E-state index is 0.324. The van der Waals surface area contributed by atoms with Crippen LogP contribution < -0.4 is 15.0 Å². The quantitative estimate of drug-likeness (QED) is 0.683. The van der Waals surface area contributed by atoms with Crippen LogP contribution in [0.15, 0.2) is 18.2 Å². The number of aromatic nitrogens is 1. The van der Waals surface area contributed by atoms with E-state index in [2.05, 4.69) is 15.0 Å². The van der Waals surface area contributed by atoms with E-state index in [-0.39, 0.29) is 11.8 Å². The minimum atomic E-state index is -4.76. The maximum absolute atomic E-state index is 12.5. The Balaban J connectivity index is 2.24. The average Bonchev–Trinajstić information content (AvgIpc) is 2.96. The van der Waals surface area contributed by atoms with Crippen molar-refractivity contribution < 1.29 is 27.4 Å². The fourth-order valence-corrected chi connectivity index (χ4v) is 3.16. The van der Waals surface area contributed by atoms with Crippen molar-refractivity contribution >= 4 is 32.7 Å². The second kappa shape index (κ2) is 9.20. The van der Waals surface area contributed by atoms with E-state index in [4.69, 9.17) is 4.74 Å². The van der Waals surface area contributed by atoms with Gasteiger partial charge >= 0.3 is 12.4 Å². The lowest BCUT2D eigenvalue weighted by Crippen LogP contribution is -2.44. The van der Waals surface area contributed by atoms with Gasteiger partial charge in [0.15, 0.2) is 5.13 Å². The van der Waals surface area contributed by atoms with Gasteiger partial charge in [-0.3, -0.25) is 4.90 Å². The van der Waals surface area contributed by atoms with Gasteiger partial charge in [-0.2, -0.15) is 0 Å². The summed E-state index contributed by atoms with van der Waals surface area (Å²) in [5, 5.41) is 3.12. The van der Waals surface area contributed by atoms with Crippen LogP contribution in [0.3, 0.4) is 0 Å². The molecule has 0 aliphatic rings. The number of methoxy groups -OCH3 is 1. The van der Waals surface area contributed by atoms with Crippen LogP contribution in [0, 0.1) is 0 Å². The molecule has 27 heavy (non-hydrogen) atoms. The molecule has 1 heterocycles. The number of anilines is 1. The molecule has 1 N–H and O–H groups in total. The molecule has 2 aromatic rings. The van der Waals surface area contributed by atoms with Crippen LogP contribution in [0.4, 0.5) is 23.1 Å². The summed E-state index contributed by atoms with van der Waals surface area (Å²) in [5.41, 5.74) is 0.490. The smallest absolute Gasteiger partial charge is 0.406 e. The van der Waals surface area contributed by atoms with Crippen LogP contribution in [-0.2, 0) is 4.74 Å². The molecule has 11 heteroatoms. The molecule has 0 radical (unpaired) electrons. The number of hydrogen-bond donors (Lipinski definition) is 1. The minimum Gasteiger partial charge on any atom is -0.406 e. The molecule has 1 aromatic carbocycles. The summed E-state index contributed by atoms with van der Waals surface area (Å²) < 4.78 is 46.5. The van der Waals surface area contributed by atoms with Crippen molar-refractivity contribution in [3.8, 4) is 5.75 Å². The zero-order valence-electron chi connectivity index (χ0n) is 15.2. The highest BCUT2D eigenvalue weighted by atomic mass is 32.1. The van der Waals surface area contributed by atoms with Crippen LogP contribution in [-0.4, -0.2) is 69.7 Å². The predicted octanol–water partition coefficient (Wildman–Crippen LogP) is 2.92. The van der Waals surface area contributed by atoms with E-state index in [0.29, 0.717) is 41.6 Å². The first-order valence-electron chi connectivity index (χ1n) is 8.05. The van der Waals surface area contributed by atoms with Crippen molar-refractivity contribution in [2.75, 3.05) is 52.3 Å². The number of carbonyl (C=O) groups is 1. The summed E-state index contributed by atoms with van der Waals surface area (Å²) in [6.07, 6.45) is -4.76. The number of halogens is 3. The number of carbonyl (C=O) groups excluding carboxylic acids is 1. The van der Waals surface area contributed by atoms with Gasteiger partial charge in [0.05, 0.1) is 16.8 Å². The predicted molar refractivity (Wildman–Crippen MR) is 97.5 cm³/mol. The molecule has 1 aromatic heterocycles. The SMILES string of the molecule is COCCNC(=O)N(CCN(C)C)c1nc2ccc(OC(F)(F)F)cc2s1. The summed E-state index contributed by atoms with van der Waals surface area (Å²) in [5.74, 6) is -0.324. The van der Waals surface area contributed by atoms with E-state index in [9.17, 15) is 18.0 Å². The molecule has 7 nitrogen and oxygen atoms in total. The van der Waals surface area contributed by atoms with E-state index >= 15 is 0 Å². The molecule has 0 saturated heterocycles. The van der Waals surface area contributed by atoms with E-state index < -0.39 is 6.36 Å². The third-order valence-corrected chi connectivity index (χ3v) is 4.45. The molecular formula is C16H21F3N4O3S. The van der Waals surface area contributed by atoms with Gasteiger partial charge in [-0.15, -0.1) is 13.2 Å². The molecular weight excluding hydrogens is 385 g/mol. The number of urea groups is 1. The Labute approximate surface area is 158 Å². The van der Waals surface area contributed by atoms with Gasteiger partial charge in [-0.25, -0.2) is 9.78 Å². The second-order valence-electron chi connectivity index (χ2n) is 5.85. The normalized spacial score (nSPS) is 11.8. The molecule has 0 aliphatic heterocycles. The van der Waals surface area contributed by atoms with Crippen molar-refractivity contribution in [1.29, 1.82) is 0 Å². The van der Waals surface area contributed by atoms with Crippen molar-refractivity contribution in [3.05, 3.63) is 18.2 Å². The number of thiazole rings is 1. The monoisotopic (exact) mass is 406 g/mol. The Bertz CT molecular complexity index is 767. The Hall–Kier alpha value is -2.11. The molecule has 0 atom stereocenters. The highest BCUT2D eigenvalue weighted by molar-refractivity contribution is 7.22. The second-order valence-corrected chi connectivity index (χ2v) is 6.86. The largest absolute Gasteiger partial charge is 0.573 e. The molecule has 2 rings (SSSR count). The third-order valence-electron chi connectivity index (χ3n) is 3.41. The number of alkyl halides is 3. The number of nitrogens with zero attached hydrogens (tertiary/aromatic N) is 3. The van der Waals surface area contributed by atoms with Gasteiger partial charge in [0.2, 0.25) is 0 Å². The fourth-order valence-electron chi connectivity index (χ4n) is 2.14. The van der Waals surface area contributed by atoms with E-state index in [0.717, 1.165) is 11.3 Å². The van der Waals surface area contributed by atoms with Gasteiger partial charge in [-0.05, 0) is 26.2 Å². The first-order valence-corrected chi connectivity index (χ1v) is 8.86. The van der Waals surface area contributed by atoms with E-state index in [1.807, 2.05) is 19.0 Å². The lowest BCUT2D eigenvalue weighted by molar-refractivity contribution is -0.274. The summed E-state index contributed by atoms with van der Waals surface area (Å²) in [7, 11) is 5.28. The molecule has 0 spiro atoms. The molecule has 0 aliphatic carbocycles. The van der Waals surface area contributed by atoms with Crippen LogP contribution in [0.25, 0.3) is 10.2 Å². The number of benzene rings is 1. The number of fused-ring (bicyclic) bond motifs is 1. The van der Waals surface area contributed by atoms with Crippen molar-refractivity contribution in [2.24, 2.45) is 0 Å². The van der Waals surface area contributed by atoms with Gasteiger partial charge in [0, 0.05) is 32.8 Å². The summed E-state index contributed by atoms with van der Waals surface area (Å²) in [6.45, 7) is 1.67. The molecule has 0 fully saturated rings. The number of hydrogen-bond acceptors (Lipinski definition) is 6. The van der Waals surface area contributed by atoms with E-state index in [1.165, 1.54) is 30.2 Å². The number of amides is 2. The average molecular weight is 406 g/mol. The Morgan fingerprint density at radius 3 is 2.67 bits per heavy atom. The lowest BCUT2D eigenvalue weighted by atomic mass is 10.3. The molecule has 150 valence electrons. The Morgan fingerprint density at radius 2 is 2.04 bits per heavy atom. The zero-order chi connectivity index (χ0) is 20.0. The van der Waals surface area contributed by atoms with Crippen LogP contribution in [0.5, 0.6) is 5.75 Å². The summed E-state index contributed by atoms with van der Waals surface area (Å²) in [6, 6.07) is 3.54. The van der Waals surface area contributed by atoms with Gasteiger partial charge in [0.25, 0.3) is 0 Å². The first kappa shape index (κ1) is 21.2. The highest BCUT2D eigenvalue weighted by Crippen LogP contribution is 2.33. The molecule has 0 saturated carbocycles. The van der Waals surface area contributed by atoms with Crippen LogP contribution in [0.1, 0.15) is 0 Å². The van der Waals surface area contributed by atoms with Gasteiger partial charge in [-0.1, -0.05) is 11.3 Å². The maximum atomic E-state index is 12.5.